The second kappa shape index (κ2) is 4.05. The van der Waals surface area contributed by atoms with Gasteiger partial charge in [0.1, 0.15) is 0 Å². The van der Waals surface area contributed by atoms with Crippen LogP contribution in [0.2, 0.25) is 0 Å². The van der Waals surface area contributed by atoms with Crippen molar-refractivity contribution in [2.45, 2.75) is 40.0 Å². The van der Waals surface area contributed by atoms with Crippen molar-refractivity contribution < 1.29 is 4.52 Å². The van der Waals surface area contributed by atoms with E-state index in [4.69, 9.17) is 4.52 Å². The minimum atomic E-state index is -0.0131. The van der Waals surface area contributed by atoms with Crippen molar-refractivity contribution in [1.29, 1.82) is 0 Å². The quantitative estimate of drug-likeness (QED) is 0.728. The Morgan fingerprint density at radius 1 is 1.33 bits per heavy atom. The maximum atomic E-state index is 5.33. The van der Waals surface area contributed by atoms with Crippen LogP contribution in [0.4, 0.5) is 0 Å². The molecule has 0 saturated heterocycles. The van der Waals surface area contributed by atoms with Crippen LogP contribution < -0.4 is 0 Å². The number of rotatable bonds is 2. The van der Waals surface area contributed by atoms with Crippen LogP contribution in [0.15, 0.2) is 16.7 Å². The highest BCUT2D eigenvalue weighted by molar-refractivity contribution is 5.63. The fourth-order valence-corrected chi connectivity index (χ4v) is 1.41. The molecule has 2 nitrogen and oxygen atoms in total. The summed E-state index contributed by atoms with van der Waals surface area (Å²) >= 11 is 0. The first kappa shape index (κ1) is 11.8. The van der Waals surface area contributed by atoms with E-state index in [0.717, 1.165) is 17.0 Å². The molecule has 0 unspecified atom stereocenters. The highest BCUT2D eigenvalue weighted by Crippen LogP contribution is 2.28. The van der Waals surface area contributed by atoms with Gasteiger partial charge in [-0.2, -0.15) is 0 Å². The molecular weight excluding hydrogens is 186 g/mol. The molecule has 0 amide bonds. The Bertz CT molecular complexity index is 387. The molecule has 1 heterocycles. The molecule has 0 saturated carbocycles. The Morgan fingerprint density at radius 3 is 2.33 bits per heavy atom. The number of allylic oxidation sites excluding steroid dienone is 1. The van der Waals surface area contributed by atoms with Gasteiger partial charge in [-0.15, -0.1) is 0 Å². The second-order valence-corrected chi connectivity index (χ2v) is 4.98. The first-order valence-electron chi connectivity index (χ1n) is 5.13. The third-order valence-corrected chi connectivity index (χ3v) is 2.09. The van der Waals surface area contributed by atoms with Crippen LogP contribution in [0.1, 0.15) is 51.6 Å². The fourth-order valence-electron chi connectivity index (χ4n) is 1.41. The van der Waals surface area contributed by atoms with E-state index in [9.17, 15) is 0 Å². The van der Waals surface area contributed by atoms with Gasteiger partial charge < -0.3 is 4.52 Å². The summed E-state index contributed by atoms with van der Waals surface area (Å²) < 4.78 is 5.33. The van der Waals surface area contributed by atoms with Gasteiger partial charge in [0, 0.05) is 11.0 Å². The van der Waals surface area contributed by atoms with Gasteiger partial charge in [-0.25, -0.2) is 0 Å². The SMILES string of the molecule is C=Cc1c(C(C)(C)C)noc1C=C(C)C. The lowest BCUT2D eigenvalue weighted by Gasteiger charge is -2.15. The summed E-state index contributed by atoms with van der Waals surface area (Å²) in [7, 11) is 0. The van der Waals surface area contributed by atoms with Crippen molar-refractivity contribution in [3.05, 3.63) is 29.2 Å². The van der Waals surface area contributed by atoms with Gasteiger partial charge >= 0.3 is 0 Å². The molecular formula is C13H19NO. The van der Waals surface area contributed by atoms with Gasteiger partial charge in [0.2, 0.25) is 0 Å². The van der Waals surface area contributed by atoms with Crippen molar-refractivity contribution in [3.8, 4) is 0 Å². The summed E-state index contributed by atoms with van der Waals surface area (Å²) in [5.74, 6) is 0.801. The molecule has 1 aromatic heterocycles. The third-order valence-electron chi connectivity index (χ3n) is 2.09. The Morgan fingerprint density at radius 2 is 1.93 bits per heavy atom. The smallest absolute Gasteiger partial charge is 0.167 e. The largest absolute Gasteiger partial charge is 0.356 e. The number of nitrogens with zero attached hydrogens (tertiary/aromatic N) is 1. The van der Waals surface area contributed by atoms with E-state index in [1.54, 1.807) is 0 Å². The zero-order valence-corrected chi connectivity index (χ0v) is 10.2. The zero-order chi connectivity index (χ0) is 11.6. The van der Waals surface area contributed by atoms with E-state index in [0.29, 0.717) is 0 Å². The van der Waals surface area contributed by atoms with E-state index in [1.165, 1.54) is 5.57 Å². The molecule has 0 aliphatic heterocycles. The van der Waals surface area contributed by atoms with Crippen LogP contribution in [-0.4, -0.2) is 5.16 Å². The first-order chi connectivity index (χ1) is 6.86. The average molecular weight is 205 g/mol. The molecule has 0 N–H and O–H groups in total. The van der Waals surface area contributed by atoms with Gasteiger partial charge in [0.15, 0.2) is 5.76 Å². The van der Waals surface area contributed by atoms with Gasteiger partial charge in [-0.05, 0) is 19.9 Å². The molecule has 82 valence electrons. The van der Waals surface area contributed by atoms with E-state index in [-0.39, 0.29) is 5.41 Å². The van der Waals surface area contributed by atoms with Crippen LogP contribution >= 0.6 is 0 Å². The Hall–Kier alpha value is -1.31. The highest BCUT2D eigenvalue weighted by atomic mass is 16.5. The summed E-state index contributed by atoms with van der Waals surface area (Å²) in [5, 5.41) is 4.12. The van der Waals surface area contributed by atoms with E-state index >= 15 is 0 Å². The summed E-state index contributed by atoms with van der Waals surface area (Å²) in [5.41, 5.74) is 3.14. The van der Waals surface area contributed by atoms with Gasteiger partial charge in [0.25, 0.3) is 0 Å². The van der Waals surface area contributed by atoms with E-state index in [1.807, 2.05) is 26.0 Å². The highest BCUT2D eigenvalue weighted by Gasteiger charge is 2.23. The molecule has 1 aromatic rings. The molecule has 0 bridgehead atoms. The first-order valence-corrected chi connectivity index (χ1v) is 5.13. The number of hydrogen-bond acceptors (Lipinski definition) is 2. The van der Waals surface area contributed by atoms with Crippen molar-refractivity contribution in [2.75, 3.05) is 0 Å². The lowest BCUT2D eigenvalue weighted by atomic mass is 9.88. The van der Waals surface area contributed by atoms with Crippen molar-refractivity contribution in [3.63, 3.8) is 0 Å². The van der Waals surface area contributed by atoms with E-state index < -0.39 is 0 Å². The fraction of sp³-hybridized carbons (Fsp3) is 0.462. The van der Waals surface area contributed by atoms with E-state index in [2.05, 4.69) is 32.5 Å². The Labute approximate surface area is 91.7 Å². The molecule has 0 aromatic carbocycles. The Kier molecular flexibility index (Phi) is 3.18. The molecule has 0 radical (unpaired) electrons. The van der Waals surface area contributed by atoms with Crippen LogP contribution in [-0.2, 0) is 5.41 Å². The standard InChI is InChI=1S/C13H19NO/c1-7-10-11(8-9(2)3)15-14-12(10)13(4,5)6/h7-8H,1H2,2-6H3. The van der Waals surface area contributed by atoms with Crippen LogP contribution in [0.3, 0.4) is 0 Å². The van der Waals surface area contributed by atoms with Crippen LogP contribution in [0.25, 0.3) is 12.2 Å². The molecule has 0 spiro atoms. The normalized spacial score (nSPS) is 11.3. The summed E-state index contributed by atoms with van der Waals surface area (Å²) in [6.07, 6.45) is 3.80. The van der Waals surface area contributed by atoms with Gasteiger partial charge in [0.05, 0.1) is 5.69 Å². The lowest BCUT2D eigenvalue weighted by Crippen LogP contribution is -2.13. The zero-order valence-electron chi connectivity index (χ0n) is 10.2. The number of aromatic nitrogens is 1. The van der Waals surface area contributed by atoms with Crippen LogP contribution in [0, 0.1) is 0 Å². The Balaban J connectivity index is 3.30. The number of hydrogen-bond donors (Lipinski definition) is 0. The topological polar surface area (TPSA) is 26.0 Å². The summed E-state index contributed by atoms with van der Waals surface area (Å²) in [6, 6.07) is 0. The molecule has 0 atom stereocenters. The molecule has 15 heavy (non-hydrogen) atoms. The predicted molar refractivity (Wildman–Crippen MR) is 64.6 cm³/mol. The summed E-state index contributed by atoms with van der Waals surface area (Å²) in [4.78, 5) is 0. The second-order valence-electron chi connectivity index (χ2n) is 4.98. The lowest BCUT2D eigenvalue weighted by molar-refractivity contribution is 0.387. The predicted octanol–water partition coefficient (Wildman–Crippen LogP) is 4.04. The molecule has 1 rings (SSSR count). The monoisotopic (exact) mass is 205 g/mol. The molecule has 0 aliphatic rings. The molecule has 0 aliphatic carbocycles. The molecule has 0 fully saturated rings. The third kappa shape index (κ3) is 2.58. The van der Waals surface area contributed by atoms with Crippen molar-refractivity contribution >= 4 is 12.2 Å². The molecule has 2 heteroatoms. The maximum Gasteiger partial charge on any atom is 0.167 e. The van der Waals surface area contributed by atoms with Crippen LogP contribution in [0.5, 0.6) is 0 Å². The van der Waals surface area contributed by atoms with Gasteiger partial charge in [-0.1, -0.05) is 44.2 Å². The van der Waals surface area contributed by atoms with Gasteiger partial charge in [-0.3, -0.25) is 0 Å². The minimum absolute atomic E-state index is 0.0131. The van der Waals surface area contributed by atoms with Crippen molar-refractivity contribution in [1.82, 2.24) is 5.16 Å². The average Bonchev–Trinajstić information content (AvgIpc) is 2.45. The maximum absolute atomic E-state index is 5.33. The van der Waals surface area contributed by atoms with Crippen molar-refractivity contribution in [2.24, 2.45) is 0 Å². The minimum Gasteiger partial charge on any atom is -0.356 e. The summed E-state index contributed by atoms with van der Waals surface area (Å²) in [6.45, 7) is 14.2.